The van der Waals surface area contributed by atoms with Crippen molar-refractivity contribution in [3.05, 3.63) is 29.8 Å². The summed E-state index contributed by atoms with van der Waals surface area (Å²) in [5.74, 6) is -0.190. The smallest absolute Gasteiger partial charge is 0.335 e. The molecule has 0 saturated heterocycles. The van der Waals surface area contributed by atoms with Crippen LogP contribution in [0.5, 0.6) is 5.75 Å². The molecule has 1 aromatic rings. The Hall–Kier alpha value is -1.51. The van der Waals surface area contributed by atoms with E-state index in [9.17, 15) is 4.79 Å². The molecule has 1 aromatic carbocycles. The fraction of sp³-hybridized carbons (Fsp3) is 0.533. The minimum Gasteiger partial charge on any atom is -0.488 e. The molecule has 1 N–H and O–H groups in total. The van der Waals surface area contributed by atoms with Gasteiger partial charge in [0.05, 0.1) is 5.56 Å². The second-order valence-electron chi connectivity index (χ2n) is 5.15. The highest BCUT2D eigenvalue weighted by Gasteiger charge is 2.19. The fourth-order valence-corrected chi connectivity index (χ4v) is 1.84. The van der Waals surface area contributed by atoms with Crippen LogP contribution in [-0.4, -0.2) is 16.7 Å². The van der Waals surface area contributed by atoms with Gasteiger partial charge >= 0.3 is 5.97 Å². The average Bonchev–Trinajstić information content (AvgIpc) is 2.29. The van der Waals surface area contributed by atoms with Gasteiger partial charge in [-0.05, 0) is 51.0 Å². The Bertz CT molecular complexity index is 379. The van der Waals surface area contributed by atoms with Gasteiger partial charge in [-0.3, -0.25) is 0 Å². The molecule has 0 aliphatic rings. The summed E-state index contributed by atoms with van der Waals surface area (Å²) < 4.78 is 5.89. The van der Waals surface area contributed by atoms with Crippen LogP contribution in [0.2, 0.25) is 0 Å². The van der Waals surface area contributed by atoms with Gasteiger partial charge in [0.2, 0.25) is 0 Å². The van der Waals surface area contributed by atoms with E-state index < -0.39 is 5.97 Å². The maximum absolute atomic E-state index is 10.7. The molecule has 0 heterocycles. The van der Waals surface area contributed by atoms with Crippen LogP contribution in [0, 0.1) is 0 Å². The Morgan fingerprint density at radius 3 is 2.33 bits per heavy atom. The topological polar surface area (TPSA) is 46.5 Å². The van der Waals surface area contributed by atoms with Crippen molar-refractivity contribution in [1.29, 1.82) is 0 Å². The summed E-state index contributed by atoms with van der Waals surface area (Å²) in [5, 5.41) is 8.81. The van der Waals surface area contributed by atoms with Gasteiger partial charge in [-0.1, -0.05) is 19.8 Å². The summed E-state index contributed by atoms with van der Waals surface area (Å²) in [7, 11) is 0. The zero-order valence-electron chi connectivity index (χ0n) is 11.4. The number of carbonyl (C=O) groups is 1. The molecule has 0 fully saturated rings. The van der Waals surface area contributed by atoms with E-state index in [0.29, 0.717) is 0 Å². The number of unbranched alkanes of at least 4 members (excludes halogenated alkanes) is 2. The molecule has 1 rings (SSSR count). The van der Waals surface area contributed by atoms with Crippen LogP contribution in [0.4, 0.5) is 0 Å². The van der Waals surface area contributed by atoms with Gasteiger partial charge in [-0.15, -0.1) is 0 Å². The molecule has 3 nitrogen and oxygen atoms in total. The Morgan fingerprint density at radius 1 is 1.22 bits per heavy atom. The first kappa shape index (κ1) is 14.6. The lowest BCUT2D eigenvalue weighted by Crippen LogP contribution is -2.28. The van der Waals surface area contributed by atoms with Crippen molar-refractivity contribution in [2.24, 2.45) is 0 Å². The predicted octanol–water partition coefficient (Wildman–Crippen LogP) is 4.12. The summed E-state index contributed by atoms with van der Waals surface area (Å²) in [6.07, 6.45) is 4.56. The number of hydrogen-bond acceptors (Lipinski definition) is 2. The van der Waals surface area contributed by atoms with E-state index in [1.165, 1.54) is 12.8 Å². The molecule has 0 radical (unpaired) electrons. The lowest BCUT2D eigenvalue weighted by molar-refractivity contribution is 0.0696. The molecular formula is C15H22O3. The Morgan fingerprint density at radius 2 is 1.83 bits per heavy atom. The average molecular weight is 250 g/mol. The highest BCUT2D eigenvalue weighted by molar-refractivity contribution is 5.87. The van der Waals surface area contributed by atoms with Gasteiger partial charge in [0.15, 0.2) is 0 Å². The molecule has 0 aliphatic heterocycles. The maximum atomic E-state index is 10.7. The second-order valence-corrected chi connectivity index (χ2v) is 5.15. The summed E-state index contributed by atoms with van der Waals surface area (Å²) in [6.45, 7) is 6.31. The third-order valence-corrected chi connectivity index (χ3v) is 2.88. The van der Waals surface area contributed by atoms with Crippen LogP contribution in [0.1, 0.15) is 56.8 Å². The molecular weight excluding hydrogens is 228 g/mol. The zero-order valence-corrected chi connectivity index (χ0v) is 11.4. The molecule has 3 heteroatoms. The molecule has 0 amide bonds. The third-order valence-electron chi connectivity index (χ3n) is 2.88. The predicted molar refractivity (Wildman–Crippen MR) is 72.3 cm³/mol. The van der Waals surface area contributed by atoms with Gasteiger partial charge < -0.3 is 9.84 Å². The summed E-state index contributed by atoms with van der Waals surface area (Å²) in [4.78, 5) is 10.7. The monoisotopic (exact) mass is 250 g/mol. The van der Waals surface area contributed by atoms with Gasteiger partial charge in [-0.2, -0.15) is 0 Å². The highest BCUT2D eigenvalue weighted by Crippen LogP contribution is 2.23. The minimum absolute atomic E-state index is 0.208. The fourth-order valence-electron chi connectivity index (χ4n) is 1.84. The highest BCUT2D eigenvalue weighted by atomic mass is 16.5. The lowest BCUT2D eigenvalue weighted by Gasteiger charge is -2.26. The Kier molecular flexibility index (Phi) is 5.20. The molecule has 0 aromatic heterocycles. The van der Waals surface area contributed by atoms with E-state index in [1.54, 1.807) is 24.3 Å². The molecule has 0 saturated carbocycles. The molecule has 0 unspecified atom stereocenters. The van der Waals surface area contributed by atoms with Gasteiger partial charge in [0, 0.05) is 0 Å². The Labute approximate surface area is 109 Å². The summed E-state index contributed by atoms with van der Waals surface area (Å²) in [5.41, 5.74) is 0.0750. The molecule has 100 valence electrons. The number of carboxylic acids is 1. The minimum atomic E-state index is -0.913. The number of hydrogen-bond donors (Lipinski definition) is 1. The van der Waals surface area contributed by atoms with Crippen LogP contribution in [0.25, 0.3) is 0 Å². The van der Waals surface area contributed by atoms with Crippen molar-refractivity contribution in [3.63, 3.8) is 0 Å². The van der Waals surface area contributed by atoms with E-state index in [4.69, 9.17) is 9.84 Å². The van der Waals surface area contributed by atoms with E-state index >= 15 is 0 Å². The molecule has 18 heavy (non-hydrogen) atoms. The standard InChI is InChI=1S/C15H22O3/c1-4-5-6-11-15(2,3)18-13-9-7-12(8-10-13)14(16)17/h7-10H,4-6,11H2,1-3H3,(H,16,17). The van der Waals surface area contributed by atoms with Crippen LogP contribution in [0.3, 0.4) is 0 Å². The Balaban J connectivity index is 2.57. The van der Waals surface area contributed by atoms with Crippen molar-refractivity contribution in [3.8, 4) is 5.75 Å². The first-order chi connectivity index (χ1) is 8.44. The van der Waals surface area contributed by atoms with Crippen molar-refractivity contribution < 1.29 is 14.6 Å². The van der Waals surface area contributed by atoms with Gasteiger partial charge in [0.1, 0.15) is 11.4 Å². The maximum Gasteiger partial charge on any atom is 0.335 e. The van der Waals surface area contributed by atoms with E-state index in [-0.39, 0.29) is 11.2 Å². The van der Waals surface area contributed by atoms with Crippen LogP contribution < -0.4 is 4.74 Å². The first-order valence-corrected chi connectivity index (χ1v) is 6.47. The number of rotatable bonds is 7. The van der Waals surface area contributed by atoms with Gasteiger partial charge in [0.25, 0.3) is 0 Å². The molecule has 0 bridgehead atoms. The number of ether oxygens (including phenoxy) is 1. The third kappa shape index (κ3) is 4.78. The molecule has 0 spiro atoms. The SMILES string of the molecule is CCCCCC(C)(C)Oc1ccc(C(=O)O)cc1. The van der Waals surface area contributed by atoms with Crippen molar-refractivity contribution in [2.75, 3.05) is 0 Å². The van der Waals surface area contributed by atoms with Crippen LogP contribution in [0.15, 0.2) is 24.3 Å². The van der Waals surface area contributed by atoms with E-state index in [1.807, 2.05) is 0 Å². The summed E-state index contributed by atoms with van der Waals surface area (Å²) >= 11 is 0. The largest absolute Gasteiger partial charge is 0.488 e. The number of benzene rings is 1. The van der Waals surface area contributed by atoms with E-state index in [2.05, 4.69) is 20.8 Å². The first-order valence-electron chi connectivity index (χ1n) is 6.47. The lowest BCUT2D eigenvalue weighted by atomic mass is 10.0. The normalized spacial score (nSPS) is 11.3. The van der Waals surface area contributed by atoms with E-state index in [0.717, 1.165) is 18.6 Å². The number of carboxylic acid groups (broad SMARTS) is 1. The van der Waals surface area contributed by atoms with Crippen molar-refractivity contribution in [2.45, 2.75) is 52.1 Å². The quantitative estimate of drug-likeness (QED) is 0.740. The number of aromatic carboxylic acids is 1. The second kappa shape index (κ2) is 6.43. The van der Waals surface area contributed by atoms with Crippen molar-refractivity contribution in [1.82, 2.24) is 0 Å². The summed E-state index contributed by atoms with van der Waals surface area (Å²) in [6, 6.07) is 6.57. The molecule has 0 atom stereocenters. The molecule has 0 aliphatic carbocycles. The zero-order chi connectivity index (χ0) is 13.6. The van der Waals surface area contributed by atoms with Gasteiger partial charge in [-0.25, -0.2) is 4.79 Å². The van der Waals surface area contributed by atoms with Crippen molar-refractivity contribution >= 4 is 5.97 Å². The van der Waals surface area contributed by atoms with Crippen LogP contribution in [-0.2, 0) is 0 Å². The van der Waals surface area contributed by atoms with Crippen LogP contribution >= 0.6 is 0 Å².